The van der Waals surface area contributed by atoms with Crippen LogP contribution in [0.5, 0.6) is 0 Å². The first kappa shape index (κ1) is 22.0. The molecular weight excluding hydrogens is 409 g/mol. The number of anilines is 1. The van der Waals surface area contributed by atoms with Crippen LogP contribution in [0.25, 0.3) is 0 Å². The van der Waals surface area contributed by atoms with Crippen molar-refractivity contribution in [3.63, 3.8) is 0 Å². The van der Waals surface area contributed by atoms with Crippen molar-refractivity contribution in [2.75, 3.05) is 19.0 Å². The summed E-state index contributed by atoms with van der Waals surface area (Å²) in [7, 11) is 7.41. The Hall–Kier alpha value is -1.84. The predicted molar refractivity (Wildman–Crippen MR) is 137 cm³/mol. The van der Waals surface area contributed by atoms with Gasteiger partial charge in [-0.25, -0.2) is 0 Å². The minimum Gasteiger partial charge on any atom is -0.378 e. The molecule has 1 aromatic rings. The molecule has 4 aliphatic rings. The van der Waals surface area contributed by atoms with E-state index in [9.17, 15) is 4.79 Å². The van der Waals surface area contributed by atoms with Crippen molar-refractivity contribution in [3.8, 4) is 11.8 Å². The summed E-state index contributed by atoms with van der Waals surface area (Å²) in [5.41, 5.74) is 7.42. The van der Waals surface area contributed by atoms with Crippen LogP contribution in [-0.2, 0) is 4.79 Å². The molecule has 0 saturated heterocycles. The second-order valence-electron chi connectivity index (χ2n) is 10.9. The zero-order valence-electron chi connectivity index (χ0n) is 20.0. The van der Waals surface area contributed by atoms with Crippen LogP contribution in [0.4, 0.5) is 5.69 Å². The summed E-state index contributed by atoms with van der Waals surface area (Å²) in [6.07, 6.45) is 9.42. The number of hydrogen-bond acceptors (Lipinski definition) is 2. The molecule has 0 spiro atoms. The van der Waals surface area contributed by atoms with E-state index >= 15 is 0 Å². The maximum Gasteiger partial charge on any atom is 0.156 e. The van der Waals surface area contributed by atoms with E-state index in [4.69, 9.17) is 0 Å². The van der Waals surface area contributed by atoms with E-state index in [1.165, 1.54) is 41.7 Å². The molecule has 2 fully saturated rings. The van der Waals surface area contributed by atoms with E-state index < -0.39 is 0 Å². The highest BCUT2D eigenvalue weighted by Crippen LogP contribution is 2.68. The van der Waals surface area contributed by atoms with Gasteiger partial charge < -0.3 is 4.90 Å². The monoisotopic (exact) mass is 445 g/mol. The Morgan fingerprint density at radius 2 is 1.84 bits per heavy atom. The molecule has 0 amide bonds. The summed E-state index contributed by atoms with van der Waals surface area (Å²) in [5.74, 6) is 8.95. The first-order valence-electron chi connectivity index (χ1n) is 12.2. The fourth-order valence-corrected chi connectivity index (χ4v) is 8.10. The van der Waals surface area contributed by atoms with Crippen LogP contribution in [0.3, 0.4) is 0 Å². The Morgan fingerprint density at radius 3 is 2.53 bits per heavy atom. The first-order chi connectivity index (χ1) is 15.3. The molecule has 2 saturated carbocycles. The number of carbonyl (C=O) groups excluding carboxylic acids is 1. The smallest absolute Gasteiger partial charge is 0.156 e. The van der Waals surface area contributed by atoms with Gasteiger partial charge in [0, 0.05) is 32.1 Å². The zero-order valence-corrected chi connectivity index (χ0v) is 21.2. The van der Waals surface area contributed by atoms with Gasteiger partial charge in [-0.3, -0.25) is 4.79 Å². The summed E-state index contributed by atoms with van der Waals surface area (Å²) in [4.78, 5) is 14.4. The summed E-state index contributed by atoms with van der Waals surface area (Å²) >= 11 is 0. The highest BCUT2D eigenvalue weighted by atomic mass is 31.0. The topological polar surface area (TPSA) is 20.3 Å². The maximum absolute atomic E-state index is 12.2. The van der Waals surface area contributed by atoms with Gasteiger partial charge in [0.1, 0.15) is 0 Å². The molecule has 0 aliphatic heterocycles. The minimum absolute atomic E-state index is 0.00306. The fraction of sp³-hybridized carbons (Fsp3) is 0.552. The lowest BCUT2D eigenvalue weighted by Gasteiger charge is -2.54. The summed E-state index contributed by atoms with van der Waals surface area (Å²) < 4.78 is 0. The van der Waals surface area contributed by atoms with Crippen LogP contribution in [0.2, 0.25) is 0 Å². The Morgan fingerprint density at radius 1 is 1.09 bits per heavy atom. The van der Waals surface area contributed by atoms with Crippen molar-refractivity contribution in [3.05, 3.63) is 52.6 Å². The van der Waals surface area contributed by atoms with Crippen molar-refractivity contribution in [2.24, 2.45) is 17.3 Å². The normalized spacial score (nSPS) is 35.8. The van der Waals surface area contributed by atoms with E-state index in [0.29, 0.717) is 30.0 Å². The van der Waals surface area contributed by atoms with Gasteiger partial charge in [-0.1, -0.05) is 30.6 Å². The van der Waals surface area contributed by atoms with Gasteiger partial charge in [-0.15, -0.1) is 15.2 Å². The molecule has 0 N–H and O–H groups in total. The van der Waals surface area contributed by atoms with E-state index in [1.54, 1.807) is 5.57 Å². The average molecular weight is 446 g/mol. The fourth-order valence-electron chi connectivity index (χ4n) is 7.45. The van der Waals surface area contributed by atoms with Crippen molar-refractivity contribution in [1.29, 1.82) is 0 Å². The van der Waals surface area contributed by atoms with Gasteiger partial charge in [0.2, 0.25) is 0 Å². The lowest BCUT2D eigenvalue weighted by Crippen LogP contribution is -2.48. The lowest BCUT2D eigenvalue weighted by molar-refractivity contribution is -0.114. The largest absolute Gasteiger partial charge is 0.378 e. The minimum atomic E-state index is 0.00306. The van der Waals surface area contributed by atoms with Gasteiger partial charge >= 0.3 is 0 Å². The van der Waals surface area contributed by atoms with E-state index in [2.05, 4.69) is 71.3 Å². The number of rotatable bonds is 2. The summed E-state index contributed by atoms with van der Waals surface area (Å²) in [6.45, 7) is 4.52. The van der Waals surface area contributed by atoms with Crippen LogP contribution in [-0.4, -0.2) is 25.0 Å². The number of ketones is 1. The number of allylic oxidation sites excluding steroid dienone is 4. The van der Waals surface area contributed by atoms with Crippen molar-refractivity contribution in [2.45, 2.75) is 69.9 Å². The molecule has 4 aliphatic carbocycles. The molecule has 2 unspecified atom stereocenters. The number of hydrogen-bond donors (Lipinski definition) is 0. The molecule has 0 heterocycles. The standard InChI is InChI=1S/C29H36NOP/c1-5-15-29(32)16-14-26-24-12-8-20-17-22(31)11-13-23(20)27(24)25(18-28(26,29)2)19-6-9-21(10-7-19)30(3)4/h6-7,9-10,17,24-26H,8,11-14,16,18,32H2,1-4H3/t24?,25-,26+,28+,29+/m1/s1. The van der Waals surface area contributed by atoms with Gasteiger partial charge in [0.05, 0.1) is 5.16 Å². The second-order valence-corrected chi connectivity index (χ2v) is 11.9. The molecular formula is C29H36NOP. The SMILES string of the molecule is CC#C[C@]1(P)CC[C@H]2C3CCC4=CC(=O)CCC4=C3[C@@H](c3ccc(N(C)C)cc3)C[C@@]21C. The molecule has 3 heteroatoms. The zero-order chi connectivity index (χ0) is 22.7. The molecule has 168 valence electrons. The van der Waals surface area contributed by atoms with Gasteiger partial charge in [0.25, 0.3) is 0 Å². The quantitative estimate of drug-likeness (QED) is 0.394. The van der Waals surface area contributed by atoms with Crippen LogP contribution in [0.1, 0.15) is 70.3 Å². The van der Waals surface area contributed by atoms with Crippen LogP contribution < -0.4 is 4.90 Å². The van der Waals surface area contributed by atoms with Crippen LogP contribution in [0, 0.1) is 29.1 Å². The van der Waals surface area contributed by atoms with E-state index in [1.807, 2.05) is 13.0 Å². The highest BCUT2D eigenvalue weighted by molar-refractivity contribution is 7.19. The van der Waals surface area contributed by atoms with Crippen molar-refractivity contribution < 1.29 is 4.79 Å². The molecule has 0 radical (unpaired) electrons. The highest BCUT2D eigenvalue weighted by Gasteiger charge is 2.61. The summed E-state index contributed by atoms with van der Waals surface area (Å²) in [6, 6.07) is 9.24. The number of benzene rings is 1. The van der Waals surface area contributed by atoms with Gasteiger partial charge in [0.15, 0.2) is 5.78 Å². The Balaban J connectivity index is 1.67. The third-order valence-corrected chi connectivity index (χ3v) is 10.2. The Bertz CT molecular complexity index is 1070. The first-order valence-corrected chi connectivity index (χ1v) is 12.8. The molecule has 5 rings (SSSR count). The molecule has 32 heavy (non-hydrogen) atoms. The third kappa shape index (κ3) is 3.23. The molecule has 0 bridgehead atoms. The summed E-state index contributed by atoms with van der Waals surface area (Å²) in [5, 5.41) is 0.00306. The molecule has 6 atom stereocenters. The number of carbonyl (C=O) groups is 1. The van der Waals surface area contributed by atoms with Crippen molar-refractivity contribution >= 4 is 20.7 Å². The molecule has 2 nitrogen and oxygen atoms in total. The average Bonchev–Trinajstić information content (AvgIpc) is 3.03. The second kappa shape index (κ2) is 7.88. The van der Waals surface area contributed by atoms with E-state index in [-0.39, 0.29) is 10.6 Å². The van der Waals surface area contributed by atoms with Gasteiger partial charge in [-0.05, 0) is 97.6 Å². The van der Waals surface area contributed by atoms with Crippen molar-refractivity contribution in [1.82, 2.24) is 0 Å². The van der Waals surface area contributed by atoms with Gasteiger partial charge in [-0.2, -0.15) is 0 Å². The maximum atomic E-state index is 12.2. The number of nitrogens with zero attached hydrogens (tertiary/aromatic N) is 1. The van der Waals surface area contributed by atoms with Crippen LogP contribution in [0.15, 0.2) is 47.1 Å². The molecule has 1 aromatic carbocycles. The van der Waals surface area contributed by atoms with Crippen LogP contribution >= 0.6 is 9.24 Å². The Labute approximate surface area is 196 Å². The lowest BCUT2D eigenvalue weighted by atomic mass is 9.52. The van der Waals surface area contributed by atoms with E-state index in [0.717, 1.165) is 19.3 Å². The Kier molecular flexibility index (Phi) is 5.41. The molecule has 0 aromatic heterocycles. The third-order valence-electron chi connectivity index (χ3n) is 9.15. The number of fused-ring (bicyclic) bond motifs is 4. The predicted octanol–water partition coefficient (Wildman–Crippen LogP) is 6.29.